The summed E-state index contributed by atoms with van der Waals surface area (Å²) in [5.41, 5.74) is 1.02. The first-order valence-corrected chi connectivity index (χ1v) is 9.80. The lowest BCUT2D eigenvalue weighted by Crippen LogP contribution is -2.32. The lowest BCUT2D eigenvalue weighted by Gasteiger charge is -2.16. The summed E-state index contributed by atoms with van der Waals surface area (Å²) in [5.74, 6) is 0.0231. The molecule has 2 N–H and O–H groups in total. The van der Waals surface area contributed by atoms with Crippen molar-refractivity contribution in [3.63, 3.8) is 0 Å². The van der Waals surface area contributed by atoms with Gasteiger partial charge in [0.05, 0.1) is 4.47 Å². The van der Waals surface area contributed by atoms with Gasteiger partial charge in [-0.1, -0.05) is 24.6 Å². The van der Waals surface area contributed by atoms with Gasteiger partial charge >= 0.3 is 0 Å². The summed E-state index contributed by atoms with van der Waals surface area (Å²) >= 11 is 9.26. The Hall–Kier alpha value is -2.05. The van der Waals surface area contributed by atoms with Gasteiger partial charge in [-0.05, 0) is 72.6 Å². The van der Waals surface area contributed by atoms with Crippen molar-refractivity contribution >= 4 is 45.0 Å². The van der Waals surface area contributed by atoms with Crippen LogP contribution in [0.5, 0.6) is 5.75 Å². The fraction of sp³-hybridized carbons (Fsp3) is 0.300. The predicted molar refractivity (Wildman–Crippen MR) is 112 cm³/mol. The van der Waals surface area contributed by atoms with Crippen LogP contribution < -0.4 is 15.4 Å². The van der Waals surface area contributed by atoms with E-state index in [-0.39, 0.29) is 17.9 Å². The number of hydrogen-bond donors (Lipinski definition) is 2. The minimum absolute atomic E-state index is 0.0852. The van der Waals surface area contributed by atoms with Gasteiger partial charge in [-0.3, -0.25) is 9.59 Å². The van der Waals surface area contributed by atoms with Crippen LogP contribution in [0.3, 0.4) is 0 Å². The van der Waals surface area contributed by atoms with Gasteiger partial charge in [-0.15, -0.1) is 0 Å². The van der Waals surface area contributed by atoms with Crippen LogP contribution in [0.4, 0.5) is 5.69 Å². The molecule has 0 saturated heterocycles. The smallest absolute Gasteiger partial charge is 0.265 e. The molecule has 7 heteroatoms. The van der Waals surface area contributed by atoms with Crippen molar-refractivity contribution in [2.75, 3.05) is 5.32 Å². The zero-order chi connectivity index (χ0) is 20.0. The standard InChI is InChI=1S/C20H22BrClN2O3/c1-4-12(2)23-20(26)14-6-5-7-16(10-14)24-19(25)13(3)27-18-9-8-15(22)11-17(18)21/h5-13H,4H2,1-3H3,(H,23,26)(H,24,25). The van der Waals surface area contributed by atoms with Crippen molar-refractivity contribution in [3.8, 4) is 5.75 Å². The van der Waals surface area contributed by atoms with Crippen molar-refractivity contribution in [1.82, 2.24) is 5.32 Å². The minimum Gasteiger partial charge on any atom is -0.480 e. The van der Waals surface area contributed by atoms with Crippen molar-refractivity contribution in [2.24, 2.45) is 0 Å². The first-order chi connectivity index (χ1) is 12.8. The van der Waals surface area contributed by atoms with Crippen LogP contribution in [0.15, 0.2) is 46.9 Å². The SMILES string of the molecule is CCC(C)NC(=O)c1cccc(NC(=O)C(C)Oc2ccc(Cl)cc2Br)c1. The maximum absolute atomic E-state index is 12.4. The summed E-state index contributed by atoms with van der Waals surface area (Å²) in [6.07, 6.45) is 0.108. The van der Waals surface area contributed by atoms with E-state index in [1.165, 1.54) is 0 Å². The Morgan fingerprint density at radius 1 is 1.19 bits per heavy atom. The largest absolute Gasteiger partial charge is 0.480 e. The van der Waals surface area contributed by atoms with Crippen LogP contribution in [0.25, 0.3) is 0 Å². The lowest BCUT2D eigenvalue weighted by atomic mass is 10.1. The van der Waals surface area contributed by atoms with Crippen molar-refractivity contribution in [3.05, 3.63) is 57.5 Å². The molecule has 144 valence electrons. The number of nitrogens with one attached hydrogen (secondary N) is 2. The van der Waals surface area contributed by atoms with Crippen LogP contribution >= 0.6 is 27.5 Å². The van der Waals surface area contributed by atoms with E-state index in [1.54, 1.807) is 49.4 Å². The van der Waals surface area contributed by atoms with Gasteiger partial charge in [-0.25, -0.2) is 0 Å². The van der Waals surface area contributed by atoms with Crippen molar-refractivity contribution in [1.29, 1.82) is 0 Å². The highest BCUT2D eigenvalue weighted by atomic mass is 79.9. The molecule has 5 nitrogen and oxygen atoms in total. The Kier molecular flexibility index (Phi) is 7.68. The Balaban J connectivity index is 2.02. The zero-order valence-corrected chi connectivity index (χ0v) is 17.7. The molecule has 2 unspecified atom stereocenters. The maximum atomic E-state index is 12.4. The summed E-state index contributed by atoms with van der Waals surface area (Å²) in [6.45, 7) is 5.59. The van der Waals surface area contributed by atoms with E-state index in [0.717, 1.165) is 6.42 Å². The summed E-state index contributed by atoms with van der Waals surface area (Å²) in [7, 11) is 0. The number of amides is 2. The van der Waals surface area contributed by atoms with Gasteiger partial charge < -0.3 is 15.4 Å². The van der Waals surface area contributed by atoms with E-state index in [9.17, 15) is 9.59 Å². The molecule has 0 radical (unpaired) electrons. The second-order valence-electron chi connectivity index (χ2n) is 6.19. The molecule has 2 aromatic carbocycles. The average Bonchev–Trinajstić information content (AvgIpc) is 2.63. The molecular formula is C20H22BrClN2O3. The molecule has 0 saturated carbocycles. The average molecular weight is 454 g/mol. The molecule has 2 amide bonds. The monoisotopic (exact) mass is 452 g/mol. The quantitative estimate of drug-likeness (QED) is 0.617. The highest BCUT2D eigenvalue weighted by Gasteiger charge is 2.17. The molecule has 0 aliphatic heterocycles. The van der Waals surface area contributed by atoms with Crippen molar-refractivity contribution in [2.45, 2.75) is 39.3 Å². The number of hydrogen-bond acceptors (Lipinski definition) is 3. The van der Waals surface area contributed by atoms with Crippen LogP contribution in [0.2, 0.25) is 5.02 Å². The van der Waals surface area contributed by atoms with E-state index in [2.05, 4.69) is 26.6 Å². The number of benzene rings is 2. The number of anilines is 1. The van der Waals surface area contributed by atoms with Crippen LogP contribution in [-0.2, 0) is 4.79 Å². The van der Waals surface area contributed by atoms with Gasteiger partial charge in [0.1, 0.15) is 5.75 Å². The fourth-order valence-electron chi connectivity index (χ4n) is 2.21. The molecule has 2 atom stereocenters. The van der Waals surface area contributed by atoms with E-state index in [0.29, 0.717) is 26.5 Å². The van der Waals surface area contributed by atoms with Gasteiger partial charge in [0, 0.05) is 22.3 Å². The van der Waals surface area contributed by atoms with Gasteiger partial charge in [0.25, 0.3) is 11.8 Å². The molecule has 0 bridgehead atoms. The third kappa shape index (κ3) is 6.26. The number of rotatable bonds is 7. The first-order valence-electron chi connectivity index (χ1n) is 8.63. The minimum atomic E-state index is -0.736. The molecule has 0 spiro atoms. The molecule has 2 aromatic rings. The zero-order valence-electron chi connectivity index (χ0n) is 15.4. The second-order valence-corrected chi connectivity index (χ2v) is 7.48. The highest BCUT2D eigenvalue weighted by Crippen LogP contribution is 2.28. The molecule has 0 aromatic heterocycles. The van der Waals surface area contributed by atoms with Crippen LogP contribution in [-0.4, -0.2) is 24.0 Å². The molecular weight excluding hydrogens is 432 g/mol. The fourth-order valence-corrected chi connectivity index (χ4v) is 2.98. The Morgan fingerprint density at radius 2 is 1.93 bits per heavy atom. The van der Waals surface area contributed by atoms with Crippen LogP contribution in [0, 0.1) is 0 Å². The Morgan fingerprint density at radius 3 is 2.59 bits per heavy atom. The van der Waals surface area contributed by atoms with E-state index in [1.807, 2.05) is 13.8 Å². The third-order valence-electron chi connectivity index (χ3n) is 3.95. The van der Waals surface area contributed by atoms with E-state index < -0.39 is 6.10 Å². The summed E-state index contributed by atoms with van der Waals surface area (Å²) in [5, 5.41) is 6.24. The number of carbonyl (C=O) groups is 2. The van der Waals surface area contributed by atoms with E-state index >= 15 is 0 Å². The van der Waals surface area contributed by atoms with E-state index in [4.69, 9.17) is 16.3 Å². The topological polar surface area (TPSA) is 67.4 Å². The van der Waals surface area contributed by atoms with Gasteiger partial charge in [-0.2, -0.15) is 0 Å². The summed E-state index contributed by atoms with van der Waals surface area (Å²) < 4.78 is 6.35. The summed E-state index contributed by atoms with van der Waals surface area (Å²) in [6, 6.07) is 12.0. The Labute approximate surface area is 172 Å². The highest BCUT2D eigenvalue weighted by molar-refractivity contribution is 9.10. The molecule has 0 aliphatic carbocycles. The lowest BCUT2D eigenvalue weighted by molar-refractivity contribution is -0.122. The third-order valence-corrected chi connectivity index (χ3v) is 4.80. The Bertz CT molecular complexity index is 829. The predicted octanol–water partition coefficient (Wildman–Crippen LogP) is 5.04. The summed E-state index contributed by atoms with van der Waals surface area (Å²) in [4.78, 5) is 24.6. The molecule has 0 fully saturated rings. The van der Waals surface area contributed by atoms with Gasteiger partial charge in [0.2, 0.25) is 0 Å². The molecule has 0 heterocycles. The number of carbonyl (C=O) groups excluding carboxylic acids is 2. The maximum Gasteiger partial charge on any atom is 0.265 e. The van der Waals surface area contributed by atoms with Gasteiger partial charge in [0.15, 0.2) is 6.10 Å². The number of halogens is 2. The molecule has 2 rings (SSSR count). The second kappa shape index (κ2) is 9.76. The molecule has 0 aliphatic rings. The van der Waals surface area contributed by atoms with Crippen molar-refractivity contribution < 1.29 is 14.3 Å². The van der Waals surface area contributed by atoms with Crippen LogP contribution in [0.1, 0.15) is 37.6 Å². The molecule has 27 heavy (non-hydrogen) atoms. The number of ether oxygens (including phenoxy) is 1. The first kappa shape index (κ1) is 21.3. The normalized spacial score (nSPS) is 12.8.